The monoisotopic (exact) mass is 464 g/mol. The van der Waals surface area contributed by atoms with E-state index in [-0.39, 0.29) is 11.6 Å². The molecular weight excluding hydrogens is 448 g/mol. The molecule has 0 atom stereocenters. The van der Waals surface area contributed by atoms with E-state index in [0.717, 1.165) is 0 Å². The van der Waals surface area contributed by atoms with Gasteiger partial charge in [-0.25, -0.2) is 14.8 Å². The first kappa shape index (κ1) is 20.2. The second-order valence-corrected chi connectivity index (χ2v) is 8.35. The molecule has 2 aromatic heterocycles. The van der Waals surface area contributed by atoms with Crippen LogP contribution in [0.2, 0.25) is 0 Å². The summed E-state index contributed by atoms with van der Waals surface area (Å²) in [7, 11) is 0. The van der Waals surface area contributed by atoms with Gasteiger partial charge < -0.3 is 10.1 Å². The van der Waals surface area contributed by atoms with Crippen LogP contribution in [0.3, 0.4) is 0 Å². The highest BCUT2D eigenvalue weighted by Crippen LogP contribution is 2.36. The van der Waals surface area contributed by atoms with Gasteiger partial charge in [0.15, 0.2) is 0 Å². The first-order valence-electron chi connectivity index (χ1n) is 8.40. The van der Waals surface area contributed by atoms with Crippen LogP contribution in [0.15, 0.2) is 29.0 Å². The van der Waals surface area contributed by atoms with Crippen molar-refractivity contribution in [3.63, 3.8) is 0 Å². The van der Waals surface area contributed by atoms with Crippen LogP contribution in [0.5, 0.6) is 0 Å². The van der Waals surface area contributed by atoms with Crippen LogP contribution >= 0.6 is 27.3 Å². The Morgan fingerprint density at radius 3 is 2.82 bits per heavy atom. The second-order valence-electron chi connectivity index (χ2n) is 6.50. The highest BCUT2D eigenvalue weighted by molar-refractivity contribution is 9.10. The number of thiophene rings is 1. The number of nitrogens with one attached hydrogen (secondary N) is 1. The maximum Gasteiger partial charge on any atom is 0.348 e. The molecule has 8 nitrogen and oxygen atoms in total. The van der Waals surface area contributed by atoms with Crippen LogP contribution in [0.25, 0.3) is 10.2 Å². The molecule has 0 spiro atoms. The van der Waals surface area contributed by atoms with Gasteiger partial charge in [0.25, 0.3) is 5.69 Å². The molecule has 0 bridgehead atoms. The van der Waals surface area contributed by atoms with Crippen molar-refractivity contribution in [3.05, 3.63) is 49.6 Å². The Hall–Kier alpha value is -2.59. The summed E-state index contributed by atoms with van der Waals surface area (Å²) >= 11 is 4.62. The molecule has 2 heterocycles. The van der Waals surface area contributed by atoms with Crippen LogP contribution in [0, 0.1) is 23.0 Å². The zero-order valence-corrected chi connectivity index (χ0v) is 17.8. The lowest BCUT2D eigenvalue weighted by Crippen LogP contribution is -2.09. The summed E-state index contributed by atoms with van der Waals surface area (Å²) in [4.78, 5) is 32.6. The minimum Gasteiger partial charge on any atom is -0.461 e. The molecule has 0 fully saturated rings. The maximum absolute atomic E-state index is 12.4. The molecule has 3 rings (SSSR count). The summed E-state index contributed by atoms with van der Waals surface area (Å²) < 4.78 is 5.99. The summed E-state index contributed by atoms with van der Waals surface area (Å²) in [6, 6.07) is 4.41. The van der Waals surface area contributed by atoms with Crippen molar-refractivity contribution in [1.29, 1.82) is 0 Å². The molecule has 3 aromatic rings. The van der Waals surface area contributed by atoms with Crippen molar-refractivity contribution in [1.82, 2.24) is 9.97 Å². The van der Waals surface area contributed by atoms with E-state index in [9.17, 15) is 14.9 Å². The minimum absolute atomic E-state index is 0.0454. The van der Waals surface area contributed by atoms with E-state index in [1.54, 1.807) is 6.07 Å². The van der Waals surface area contributed by atoms with Crippen LogP contribution < -0.4 is 5.32 Å². The van der Waals surface area contributed by atoms with Gasteiger partial charge in [0, 0.05) is 16.6 Å². The zero-order valence-electron chi connectivity index (χ0n) is 15.4. The van der Waals surface area contributed by atoms with E-state index in [1.807, 2.05) is 20.8 Å². The fourth-order valence-corrected chi connectivity index (χ4v) is 3.91. The molecule has 0 unspecified atom stereocenters. The number of nitro benzene ring substituents is 1. The number of carbonyl (C=O) groups is 1. The quantitative estimate of drug-likeness (QED) is 0.302. The number of rotatable bonds is 6. The van der Waals surface area contributed by atoms with Crippen molar-refractivity contribution in [2.75, 3.05) is 11.9 Å². The number of ether oxygens (including phenoxy) is 1. The smallest absolute Gasteiger partial charge is 0.348 e. The Morgan fingerprint density at radius 2 is 2.14 bits per heavy atom. The Morgan fingerprint density at radius 1 is 1.39 bits per heavy atom. The Bertz CT molecular complexity index is 1070. The third-order valence-electron chi connectivity index (χ3n) is 3.87. The molecule has 0 saturated carbocycles. The summed E-state index contributed by atoms with van der Waals surface area (Å²) in [5, 5.41) is 14.8. The Labute approximate surface area is 173 Å². The predicted octanol–water partition coefficient (Wildman–Crippen LogP) is 5.23. The standard InChI is InChI=1S/C18H17BrN4O4S/c1-9(2)7-27-18(24)15-10(3)14-16(20-8-21-17(14)28-15)22-13-6-11(23(25)26)4-5-12(13)19/h4-6,8-9H,7H2,1-3H3,(H,20,21,22). The molecule has 10 heteroatoms. The largest absolute Gasteiger partial charge is 0.461 e. The minimum atomic E-state index is -0.466. The van der Waals surface area contributed by atoms with Crippen LogP contribution in [-0.2, 0) is 4.74 Å². The topological polar surface area (TPSA) is 107 Å². The summed E-state index contributed by atoms with van der Waals surface area (Å²) in [6.07, 6.45) is 1.38. The van der Waals surface area contributed by atoms with Gasteiger partial charge in [-0.15, -0.1) is 11.3 Å². The number of esters is 1. The molecule has 1 aromatic carbocycles. The molecule has 0 aliphatic rings. The number of benzene rings is 1. The number of hydrogen-bond acceptors (Lipinski definition) is 8. The molecule has 0 aliphatic carbocycles. The van der Waals surface area contributed by atoms with Gasteiger partial charge in [-0.1, -0.05) is 13.8 Å². The van der Waals surface area contributed by atoms with E-state index in [1.165, 1.54) is 29.8 Å². The van der Waals surface area contributed by atoms with Gasteiger partial charge in [-0.05, 0) is 40.4 Å². The zero-order chi connectivity index (χ0) is 20.4. The van der Waals surface area contributed by atoms with Gasteiger partial charge in [-0.2, -0.15) is 0 Å². The number of aromatic nitrogens is 2. The average Bonchev–Trinajstić information content (AvgIpc) is 2.99. The number of fused-ring (bicyclic) bond motifs is 1. The lowest BCUT2D eigenvalue weighted by molar-refractivity contribution is -0.384. The first-order valence-corrected chi connectivity index (χ1v) is 10.0. The van der Waals surface area contributed by atoms with Crippen molar-refractivity contribution < 1.29 is 14.5 Å². The van der Waals surface area contributed by atoms with Crippen molar-refractivity contribution in [3.8, 4) is 0 Å². The second kappa shape index (κ2) is 8.19. The normalized spacial score (nSPS) is 11.0. The van der Waals surface area contributed by atoms with Crippen molar-refractivity contribution in [2.24, 2.45) is 5.92 Å². The third-order valence-corrected chi connectivity index (χ3v) is 5.75. The number of anilines is 2. The third kappa shape index (κ3) is 4.12. The number of halogens is 1. The number of carbonyl (C=O) groups excluding carboxylic acids is 1. The van der Waals surface area contributed by atoms with E-state index in [2.05, 4.69) is 31.2 Å². The maximum atomic E-state index is 12.4. The van der Waals surface area contributed by atoms with E-state index in [4.69, 9.17) is 4.74 Å². The molecule has 1 N–H and O–H groups in total. The fraction of sp³-hybridized carbons (Fsp3) is 0.278. The number of hydrogen-bond donors (Lipinski definition) is 1. The molecule has 28 heavy (non-hydrogen) atoms. The number of aryl methyl sites for hydroxylation is 1. The summed E-state index contributed by atoms with van der Waals surface area (Å²) in [5.41, 5.74) is 1.15. The molecule has 0 aliphatic heterocycles. The fourth-order valence-electron chi connectivity index (χ4n) is 2.52. The van der Waals surface area contributed by atoms with E-state index >= 15 is 0 Å². The molecule has 0 saturated heterocycles. The van der Waals surface area contributed by atoms with Gasteiger partial charge in [0.05, 0.1) is 22.6 Å². The van der Waals surface area contributed by atoms with E-state index < -0.39 is 10.9 Å². The van der Waals surface area contributed by atoms with Crippen molar-refractivity contribution >= 4 is 60.6 Å². The van der Waals surface area contributed by atoms with Gasteiger partial charge in [0.2, 0.25) is 0 Å². The molecule has 146 valence electrons. The summed E-state index contributed by atoms with van der Waals surface area (Å²) in [6.45, 7) is 6.08. The highest BCUT2D eigenvalue weighted by atomic mass is 79.9. The SMILES string of the molecule is Cc1c(C(=O)OCC(C)C)sc2ncnc(Nc3cc([N+](=O)[O-])ccc3Br)c12. The average molecular weight is 465 g/mol. The lowest BCUT2D eigenvalue weighted by Gasteiger charge is -2.09. The molecule has 0 radical (unpaired) electrons. The number of nitrogens with zero attached hydrogens (tertiary/aromatic N) is 3. The van der Waals surface area contributed by atoms with Gasteiger partial charge >= 0.3 is 5.97 Å². The molecule has 0 amide bonds. The first-order chi connectivity index (χ1) is 13.3. The Kier molecular flexibility index (Phi) is 5.90. The molecular formula is C18H17BrN4O4S. The van der Waals surface area contributed by atoms with Gasteiger partial charge in [-0.3, -0.25) is 10.1 Å². The number of nitro groups is 1. The summed E-state index contributed by atoms with van der Waals surface area (Å²) in [5.74, 6) is 0.307. The van der Waals surface area contributed by atoms with Crippen LogP contribution in [0.1, 0.15) is 29.1 Å². The van der Waals surface area contributed by atoms with Gasteiger partial charge in [0.1, 0.15) is 21.9 Å². The lowest BCUT2D eigenvalue weighted by atomic mass is 10.2. The predicted molar refractivity (Wildman–Crippen MR) is 111 cm³/mol. The van der Waals surface area contributed by atoms with E-state index in [0.29, 0.717) is 43.2 Å². The van der Waals surface area contributed by atoms with Crippen molar-refractivity contribution in [2.45, 2.75) is 20.8 Å². The number of non-ortho nitro benzene ring substituents is 1. The Balaban J connectivity index is 2.00. The highest BCUT2D eigenvalue weighted by Gasteiger charge is 2.21. The van der Waals surface area contributed by atoms with Crippen LogP contribution in [-0.4, -0.2) is 27.5 Å². The van der Waals surface area contributed by atoms with Crippen LogP contribution in [0.4, 0.5) is 17.2 Å².